The third-order valence-corrected chi connectivity index (χ3v) is 5.41. The number of amides is 1. The average molecular weight is 419 g/mol. The summed E-state index contributed by atoms with van der Waals surface area (Å²) in [6, 6.07) is 4.37. The summed E-state index contributed by atoms with van der Waals surface area (Å²) in [5, 5.41) is 6.82. The average Bonchev–Trinajstić information content (AvgIpc) is 3.10. The molecule has 8 nitrogen and oxygen atoms in total. The predicted molar refractivity (Wildman–Crippen MR) is 116 cm³/mol. The third-order valence-electron chi connectivity index (χ3n) is 5.41. The molecule has 0 aliphatic carbocycles. The Bertz CT molecular complexity index is 760. The Morgan fingerprint density at radius 3 is 2.73 bits per heavy atom. The highest BCUT2D eigenvalue weighted by Gasteiger charge is 2.24. The van der Waals surface area contributed by atoms with Crippen LogP contribution in [0.1, 0.15) is 44.7 Å². The minimum absolute atomic E-state index is 0.197. The number of likely N-dealkylation sites (tertiary alicyclic amines) is 1. The van der Waals surface area contributed by atoms with Gasteiger partial charge >= 0.3 is 6.09 Å². The predicted octanol–water partition coefficient (Wildman–Crippen LogP) is 2.69. The van der Waals surface area contributed by atoms with E-state index in [1.807, 2.05) is 19.9 Å². The molecule has 1 unspecified atom stereocenters. The fourth-order valence-electron chi connectivity index (χ4n) is 3.89. The van der Waals surface area contributed by atoms with Crippen LogP contribution in [-0.4, -0.2) is 62.4 Å². The zero-order valence-corrected chi connectivity index (χ0v) is 18.5. The Hall–Kier alpha value is -2.64. The number of piperidine rings is 1. The van der Waals surface area contributed by atoms with Crippen LogP contribution in [0.2, 0.25) is 0 Å². The van der Waals surface area contributed by atoms with Crippen molar-refractivity contribution >= 4 is 12.1 Å². The topological polar surface area (TPSA) is 84.4 Å². The number of nitrogens with one attached hydrogen (secondary N) is 2. The Kier molecular flexibility index (Phi) is 7.65. The Morgan fingerprint density at radius 2 is 2.07 bits per heavy atom. The van der Waals surface area contributed by atoms with Crippen LogP contribution in [0.15, 0.2) is 17.1 Å². The lowest BCUT2D eigenvalue weighted by Crippen LogP contribution is -2.49. The number of guanidine groups is 1. The van der Waals surface area contributed by atoms with Crippen molar-refractivity contribution < 1.29 is 19.0 Å². The highest BCUT2D eigenvalue weighted by Crippen LogP contribution is 2.35. The van der Waals surface area contributed by atoms with Gasteiger partial charge in [0.05, 0.1) is 20.3 Å². The van der Waals surface area contributed by atoms with E-state index in [1.54, 1.807) is 12.0 Å². The summed E-state index contributed by atoms with van der Waals surface area (Å²) in [5.74, 6) is 2.54. The molecule has 1 amide bonds. The maximum absolute atomic E-state index is 11.9. The van der Waals surface area contributed by atoms with E-state index in [-0.39, 0.29) is 18.2 Å². The summed E-state index contributed by atoms with van der Waals surface area (Å²) in [7, 11) is 1.69. The lowest BCUT2D eigenvalue weighted by atomic mass is 10.1. The van der Waals surface area contributed by atoms with E-state index >= 15 is 0 Å². The zero-order chi connectivity index (χ0) is 21.5. The molecular formula is C22H34N4O4. The van der Waals surface area contributed by atoms with E-state index in [0.29, 0.717) is 26.2 Å². The molecule has 1 aromatic carbocycles. The van der Waals surface area contributed by atoms with Crippen molar-refractivity contribution in [2.24, 2.45) is 4.99 Å². The van der Waals surface area contributed by atoms with E-state index in [9.17, 15) is 4.79 Å². The van der Waals surface area contributed by atoms with Crippen molar-refractivity contribution in [1.29, 1.82) is 0 Å². The highest BCUT2D eigenvalue weighted by molar-refractivity contribution is 5.80. The number of hydrogen-bond acceptors (Lipinski definition) is 5. The summed E-state index contributed by atoms with van der Waals surface area (Å²) >= 11 is 0. The van der Waals surface area contributed by atoms with E-state index in [0.717, 1.165) is 48.8 Å². The van der Waals surface area contributed by atoms with Crippen molar-refractivity contribution in [2.45, 2.75) is 58.7 Å². The molecule has 1 saturated heterocycles. The molecule has 2 heterocycles. The number of carbonyl (C=O) groups excluding carboxylic acids is 1. The Balaban J connectivity index is 1.62. The number of benzene rings is 1. The summed E-state index contributed by atoms with van der Waals surface area (Å²) in [4.78, 5) is 18.4. The van der Waals surface area contributed by atoms with Gasteiger partial charge in [0.15, 0.2) is 5.96 Å². The molecule has 3 rings (SSSR count). The molecule has 1 atom stereocenters. The number of methoxy groups -OCH3 is 1. The van der Waals surface area contributed by atoms with Crippen LogP contribution in [0.5, 0.6) is 11.5 Å². The van der Waals surface area contributed by atoms with Crippen LogP contribution in [-0.2, 0) is 17.7 Å². The number of aliphatic imine (C=N–C) groups is 1. The first-order valence-electron chi connectivity index (χ1n) is 10.9. The number of carbonyl (C=O) groups is 1. The first-order valence-corrected chi connectivity index (χ1v) is 10.9. The molecule has 2 N–H and O–H groups in total. The summed E-state index contributed by atoms with van der Waals surface area (Å²) < 4.78 is 16.6. The number of nitrogens with zero attached hydrogens (tertiary/aromatic N) is 2. The van der Waals surface area contributed by atoms with Gasteiger partial charge in [-0.3, -0.25) is 0 Å². The fourth-order valence-corrected chi connectivity index (χ4v) is 3.89. The van der Waals surface area contributed by atoms with Crippen molar-refractivity contribution in [1.82, 2.24) is 15.5 Å². The van der Waals surface area contributed by atoms with Crippen LogP contribution in [0.4, 0.5) is 4.79 Å². The van der Waals surface area contributed by atoms with Crippen molar-refractivity contribution in [2.75, 3.05) is 33.4 Å². The van der Waals surface area contributed by atoms with Crippen LogP contribution >= 0.6 is 0 Å². The molecule has 0 radical (unpaired) electrons. The molecule has 0 aromatic heterocycles. The van der Waals surface area contributed by atoms with Gasteiger partial charge in [-0.05, 0) is 45.7 Å². The van der Waals surface area contributed by atoms with E-state index in [1.165, 1.54) is 5.56 Å². The molecule has 30 heavy (non-hydrogen) atoms. The van der Waals surface area contributed by atoms with Crippen molar-refractivity contribution in [3.8, 4) is 11.5 Å². The SMILES string of the molecule is CCNC(=NCc1cc2c(cc1OC)CC(C)O2)NC1CCN(C(=O)OCC)CC1. The van der Waals surface area contributed by atoms with Crippen LogP contribution in [0.25, 0.3) is 0 Å². The summed E-state index contributed by atoms with van der Waals surface area (Å²) in [6.45, 7) is 8.99. The quantitative estimate of drug-likeness (QED) is 0.546. The first-order chi connectivity index (χ1) is 14.5. The maximum atomic E-state index is 11.9. The van der Waals surface area contributed by atoms with Gasteiger partial charge in [-0.1, -0.05) is 0 Å². The number of hydrogen-bond donors (Lipinski definition) is 2. The molecule has 166 valence electrons. The third kappa shape index (κ3) is 5.49. The molecule has 0 spiro atoms. The van der Waals surface area contributed by atoms with Gasteiger partial charge in [0.1, 0.15) is 17.6 Å². The summed E-state index contributed by atoms with van der Waals surface area (Å²) in [6.07, 6.45) is 2.60. The zero-order valence-electron chi connectivity index (χ0n) is 18.5. The number of rotatable bonds is 6. The monoisotopic (exact) mass is 418 g/mol. The second kappa shape index (κ2) is 10.4. The normalized spacial score (nSPS) is 19.1. The van der Waals surface area contributed by atoms with E-state index < -0.39 is 0 Å². The molecule has 0 bridgehead atoms. The van der Waals surface area contributed by atoms with Gasteiger partial charge in [0, 0.05) is 43.2 Å². The van der Waals surface area contributed by atoms with Crippen molar-refractivity contribution in [3.05, 3.63) is 23.3 Å². The van der Waals surface area contributed by atoms with Gasteiger partial charge in [-0.15, -0.1) is 0 Å². The number of ether oxygens (including phenoxy) is 3. The fraction of sp³-hybridized carbons (Fsp3) is 0.636. The van der Waals surface area contributed by atoms with Crippen LogP contribution in [0, 0.1) is 0 Å². The first kappa shape index (κ1) is 22.1. The smallest absolute Gasteiger partial charge is 0.409 e. The van der Waals surface area contributed by atoms with Gasteiger partial charge in [-0.25, -0.2) is 9.79 Å². The molecular weight excluding hydrogens is 384 g/mol. The molecule has 0 saturated carbocycles. The number of fused-ring (bicyclic) bond motifs is 1. The Morgan fingerprint density at radius 1 is 1.30 bits per heavy atom. The summed E-state index contributed by atoms with van der Waals surface area (Å²) in [5.41, 5.74) is 2.19. The molecule has 1 fully saturated rings. The lowest BCUT2D eigenvalue weighted by Gasteiger charge is -2.32. The van der Waals surface area contributed by atoms with Crippen LogP contribution in [0.3, 0.4) is 0 Å². The Labute approximate surface area is 179 Å². The molecule has 1 aromatic rings. The molecule has 2 aliphatic rings. The van der Waals surface area contributed by atoms with Gasteiger partial charge < -0.3 is 29.7 Å². The minimum Gasteiger partial charge on any atom is -0.496 e. The highest BCUT2D eigenvalue weighted by atomic mass is 16.6. The van der Waals surface area contributed by atoms with Gasteiger partial charge in [-0.2, -0.15) is 0 Å². The standard InChI is InChI=1S/C22H34N4O4/c1-5-23-21(25-18-7-9-26(10-8-18)22(27)29-6-2)24-14-17-13-20-16(11-15(3)30-20)12-19(17)28-4/h12-13,15,18H,5-11,14H2,1-4H3,(H2,23,24,25). The van der Waals surface area contributed by atoms with Gasteiger partial charge in [0.25, 0.3) is 0 Å². The minimum atomic E-state index is -0.225. The maximum Gasteiger partial charge on any atom is 0.409 e. The van der Waals surface area contributed by atoms with Crippen molar-refractivity contribution in [3.63, 3.8) is 0 Å². The van der Waals surface area contributed by atoms with Crippen LogP contribution < -0.4 is 20.1 Å². The van der Waals surface area contributed by atoms with Gasteiger partial charge in [0.2, 0.25) is 0 Å². The second-order valence-electron chi connectivity index (χ2n) is 7.70. The second-order valence-corrected chi connectivity index (χ2v) is 7.70. The van der Waals surface area contributed by atoms with E-state index in [2.05, 4.69) is 23.6 Å². The molecule has 2 aliphatic heterocycles. The van der Waals surface area contributed by atoms with E-state index in [4.69, 9.17) is 19.2 Å². The largest absolute Gasteiger partial charge is 0.496 e. The lowest BCUT2D eigenvalue weighted by molar-refractivity contribution is 0.0963. The molecule has 8 heteroatoms.